The van der Waals surface area contributed by atoms with Crippen molar-refractivity contribution in [2.75, 3.05) is 4.90 Å². The van der Waals surface area contributed by atoms with Crippen LogP contribution < -0.4 is 4.90 Å². The summed E-state index contributed by atoms with van der Waals surface area (Å²) in [6, 6.07) is 22.3. The van der Waals surface area contributed by atoms with Gasteiger partial charge in [0, 0.05) is 4.90 Å². The molecule has 0 fully saturated rings. The first-order chi connectivity index (χ1) is 13.5. The summed E-state index contributed by atoms with van der Waals surface area (Å²) in [5, 5.41) is 0. The largest absolute Gasteiger partial charge is 0.272 e. The Morgan fingerprint density at radius 3 is 2.07 bits per heavy atom. The number of carbonyl (C=O) groups excluding carboxylic acids is 2. The van der Waals surface area contributed by atoms with Crippen molar-refractivity contribution in [2.45, 2.75) is 11.8 Å². The minimum absolute atomic E-state index is 0.352. The van der Waals surface area contributed by atoms with Gasteiger partial charge in [-0.05, 0) is 48.9 Å². The predicted molar refractivity (Wildman–Crippen MR) is 109 cm³/mol. The third-order valence-electron chi connectivity index (χ3n) is 4.43. The normalized spacial score (nSPS) is 14.1. The number of thioether (sulfide) groups is 1. The molecule has 0 N–H and O–H groups in total. The summed E-state index contributed by atoms with van der Waals surface area (Å²) >= 11 is 1.27. The molecule has 0 atom stereocenters. The number of rotatable bonds is 4. The summed E-state index contributed by atoms with van der Waals surface area (Å²) in [4.78, 5) is 28.8. The Hall–Kier alpha value is -3.18. The lowest BCUT2D eigenvalue weighted by molar-refractivity contribution is -0.119. The van der Waals surface area contributed by atoms with Crippen molar-refractivity contribution in [1.29, 1.82) is 0 Å². The monoisotopic (exact) mass is 389 g/mol. The Bertz CT molecular complexity index is 1070. The average molecular weight is 389 g/mol. The summed E-state index contributed by atoms with van der Waals surface area (Å²) in [5.74, 6) is -1.23. The minimum atomic E-state index is -0.423. The lowest BCUT2D eigenvalue weighted by Crippen LogP contribution is -2.31. The Morgan fingerprint density at radius 1 is 0.786 bits per heavy atom. The molecule has 5 heteroatoms. The Balaban J connectivity index is 1.81. The number of hydrogen-bond acceptors (Lipinski definition) is 3. The second-order valence-electron chi connectivity index (χ2n) is 6.41. The molecular weight excluding hydrogens is 373 g/mol. The number of imide groups is 1. The topological polar surface area (TPSA) is 37.4 Å². The number of amides is 2. The molecule has 0 spiro atoms. The molecule has 0 aromatic heterocycles. The van der Waals surface area contributed by atoms with Crippen molar-refractivity contribution in [3.8, 4) is 0 Å². The summed E-state index contributed by atoms with van der Waals surface area (Å²) in [5.41, 5.74) is 2.47. The zero-order valence-corrected chi connectivity index (χ0v) is 15.9. The fourth-order valence-corrected chi connectivity index (χ4v) is 4.02. The van der Waals surface area contributed by atoms with Crippen LogP contribution >= 0.6 is 11.8 Å². The fraction of sp³-hybridized carbons (Fsp3) is 0.0435. The predicted octanol–water partition coefficient (Wildman–Crippen LogP) is 5.21. The van der Waals surface area contributed by atoms with Crippen molar-refractivity contribution in [3.63, 3.8) is 0 Å². The van der Waals surface area contributed by atoms with Crippen LogP contribution in [0, 0.1) is 12.7 Å². The van der Waals surface area contributed by atoms with Crippen molar-refractivity contribution in [1.82, 2.24) is 0 Å². The standard InChI is InChI=1S/C23H16FNO2S/c1-15-7-9-16(10-8-15)20-21(28-19-5-3-2-4-6-19)23(27)25(22(20)26)18-13-11-17(24)12-14-18/h2-14H,1H3. The third kappa shape index (κ3) is 3.37. The number of anilines is 1. The average Bonchev–Trinajstić information content (AvgIpc) is 2.94. The molecule has 1 aliphatic rings. The van der Waals surface area contributed by atoms with Crippen LogP contribution in [-0.2, 0) is 9.59 Å². The lowest BCUT2D eigenvalue weighted by Gasteiger charge is -2.15. The second kappa shape index (κ2) is 7.44. The van der Waals surface area contributed by atoms with E-state index in [2.05, 4.69) is 0 Å². The van der Waals surface area contributed by atoms with E-state index in [1.807, 2.05) is 61.5 Å². The third-order valence-corrected chi connectivity index (χ3v) is 5.52. The summed E-state index contributed by atoms with van der Waals surface area (Å²) in [6.45, 7) is 1.96. The van der Waals surface area contributed by atoms with Crippen LogP contribution in [0.15, 0.2) is 88.7 Å². The molecule has 4 rings (SSSR count). The van der Waals surface area contributed by atoms with E-state index in [0.717, 1.165) is 15.4 Å². The Morgan fingerprint density at radius 2 is 1.43 bits per heavy atom. The number of hydrogen-bond donors (Lipinski definition) is 0. The van der Waals surface area contributed by atoms with Gasteiger partial charge in [0.15, 0.2) is 0 Å². The summed E-state index contributed by atoms with van der Waals surface area (Å²) < 4.78 is 13.3. The van der Waals surface area contributed by atoms with Crippen molar-refractivity contribution >= 4 is 34.8 Å². The molecular formula is C23H16FNO2S. The van der Waals surface area contributed by atoms with Gasteiger partial charge in [0.25, 0.3) is 11.8 Å². The zero-order chi connectivity index (χ0) is 19.7. The lowest BCUT2D eigenvalue weighted by atomic mass is 10.0. The highest BCUT2D eigenvalue weighted by atomic mass is 32.2. The van der Waals surface area contributed by atoms with Gasteiger partial charge in [-0.3, -0.25) is 9.59 Å². The van der Waals surface area contributed by atoms with Crippen LogP contribution in [0.1, 0.15) is 11.1 Å². The van der Waals surface area contributed by atoms with Crippen molar-refractivity contribution in [2.24, 2.45) is 0 Å². The van der Waals surface area contributed by atoms with Crippen LogP contribution in [0.2, 0.25) is 0 Å². The number of nitrogens with zero attached hydrogens (tertiary/aromatic N) is 1. The van der Waals surface area contributed by atoms with E-state index in [1.165, 1.54) is 36.0 Å². The number of aryl methyl sites for hydroxylation is 1. The molecule has 0 unspecified atom stereocenters. The molecule has 1 aliphatic heterocycles. The van der Waals surface area contributed by atoms with Crippen LogP contribution in [0.3, 0.4) is 0 Å². The number of halogens is 1. The molecule has 2 amide bonds. The fourth-order valence-electron chi connectivity index (χ4n) is 3.01. The molecule has 3 aromatic rings. The van der Waals surface area contributed by atoms with E-state index in [1.54, 1.807) is 0 Å². The molecule has 0 saturated carbocycles. The zero-order valence-electron chi connectivity index (χ0n) is 15.1. The van der Waals surface area contributed by atoms with Gasteiger partial charge >= 0.3 is 0 Å². The van der Waals surface area contributed by atoms with Crippen LogP contribution in [0.4, 0.5) is 10.1 Å². The molecule has 0 aliphatic carbocycles. The first-order valence-electron chi connectivity index (χ1n) is 8.73. The molecule has 3 aromatic carbocycles. The van der Waals surface area contributed by atoms with Gasteiger partial charge in [0.2, 0.25) is 0 Å². The van der Waals surface area contributed by atoms with Gasteiger partial charge in [-0.25, -0.2) is 9.29 Å². The number of carbonyl (C=O) groups is 2. The van der Waals surface area contributed by atoms with Crippen LogP contribution in [0.5, 0.6) is 0 Å². The molecule has 0 saturated heterocycles. The van der Waals surface area contributed by atoms with Gasteiger partial charge in [-0.2, -0.15) is 0 Å². The maximum absolute atomic E-state index is 13.3. The van der Waals surface area contributed by atoms with E-state index in [4.69, 9.17) is 0 Å². The molecule has 138 valence electrons. The molecule has 3 nitrogen and oxygen atoms in total. The van der Waals surface area contributed by atoms with Crippen molar-refractivity contribution in [3.05, 3.63) is 101 Å². The Kier molecular flexibility index (Phi) is 4.84. The van der Waals surface area contributed by atoms with Crippen LogP contribution in [0.25, 0.3) is 5.57 Å². The highest BCUT2D eigenvalue weighted by Crippen LogP contribution is 2.41. The second-order valence-corrected chi connectivity index (χ2v) is 7.49. The van der Waals surface area contributed by atoms with Crippen molar-refractivity contribution < 1.29 is 14.0 Å². The van der Waals surface area contributed by atoms with E-state index >= 15 is 0 Å². The van der Waals surface area contributed by atoms with Gasteiger partial charge in [0.1, 0.15) is 5.82 Å². The van der Waals surface area contributed by atoms with E-state index < -0.39 is 17.6 Å². The summed E-state index contributed by atoms with van der Waals surface area (Å²) in [7, 11) is 0. The molecule has 1 heterocycles. The maximum Gasteiger partial charge on any atom is 0.272 e. The molecule has 0 bridgehead atoms. The first-order valence-corrected chi connectivity index (χ1v) is 9.55. The molecule has 28 heavy (non-hydrogen) atoms. The van der Waals surface area contributed by atoms with E-state index in [-0.39, 0.29) is 0 Å². The minimum Gasteiger partial charge on any atom is -0.268 e. The summed E-state index contributed by atoms with van der Waals surface area (Å²) in [6.07, 6.45) is 0. The van der Waals surface area contributed by atoms with E-state index in [0.29, 0.717) is 21.7 Å². The first kappa shape index (κ1) is 18.2. The smallest absolute Gasteiger partial charge is 0.268 e. The highest BCUT2D eigenvalue weighted by molar-refractivity contribution is 8.04. The number of benzene rings is 3. The highest BCUT2D eigenvalue weighted by Gasteiger charge is 2.40. The van der Waals surface area contributed by atoms with Gasteiger partial charge in [0.05, 0.1) is 16.2 Å². The van der Waals surface area contributed by atoms with Crippen LogP contribution in [-0.4, -0.2) is 11.8 Å². The van der Waals surface area contributed by atoms with Gasteiger partial charge in [-0.15, -0.1) is 0 Å². The Labute approximate surface area is 166 Å². The van der Waals surface area contributed by atoms with Gasteiger partial charge in [-0.1, -0.05) is 59.8 Å². The van der Waals surface area contributed by atoms with Gasteiger partial charge < -0.3 is 0 Å². The quantitative estimate of drug-likeness (QED) is 0.575. The SMILES string of the molecule is Cc1ccc(C2=C(Sc3ccccc3)C(=O)N(c3ccc(F)cc3)C2=O)cc1. The molecule has 0 radical (unpaired) electrons. The maximum atomic E-state index is 13.3. The van der Waals surface area contributed by atoms with E-state index in [9.17, 15) is 14.0 Å².